The monoisotopic (exact) mass is 377 g/mol. The van der Waals surface area contributed by atoms with Crippen LogP contribution in [0.2, 0.25) is 0 Å². The van der Waals surface area contributed by atoms with E-state index in [0.717, 1.165) is 17.7 Å². The molecule has 0 unspecified atom stereocenters. The lowest BCUT2D eigenvalue weighted by Crippen LogP contribution is -2.24. The van der Waals surface area contributed by atoms with E-state index in [1.807, 2.05) is 6.92 Å². The van der Waals surface area contributed by atoms with Crippen molar-refractivity contribution >= 4 is 27.6 Å². The fraction of sp³-hybridized carbons (Fsp3) is 0.0667. The average molecular weight is 377 g/mol. The van der Waals surface area contributed by atoms with Crippen LogP contribution in [0, 0.1) is 17.0 Å². The first-order chi connectivity index (χ1) is 12.0. The number of hydrogen-bond donors (Lipinski definition) is 3. The van der Waals surface area contributed by atoms with E-state index in [1.54, 1.807) is 24.3 Å². The maximum Gasteiger partial charge on any atom is 0.287 e. The average Bonchev–Trinajstić information content (AvgIpc) is 2.52. The zero-order valence-corrected chi connectivity index (χ0v) is 14.4. The molecule has 2 aromatic rings. The number of amides is 1. The molecule has 0 saturated heterocycles. The third-order valence-corrected chi connectivity index (χ3v) is 4.38. The number of carbonyl (C=O) groups is 1. The fourth-order valence-corrected chi connectivity index (χ4v) is 3.03. The van der Waals surface area contributed by atoms with Crippen molar-refractivity contribution in [2.24, 2.45) is 21.6 Å². The van der Waals surface area contributed by atoms with Crippen LogP contribution in [0.1, 0.15) is 15.9 Å². The minimum absolute atomic E-state index is 0.0135. The number of guanidine groups is 1. The molecule has 136 valence electrons. The van der Waals surface area contributed by atoms with Gasteiger partial charge in [-0.1, -0.05) is 29.8 Å². The third-order valence-electron chi connectivity index (χ3n) is 3.42. The molecule has 0 saturated carbocycles. The maximum absolute atomic E-state index is 12.1. The number of carbonyl (C=O) groups excluding carboxylic acids is 1. The number of nitro benzene ring substituents is 1. The maximum atomic E-state index is 12.1. The van der Waals surface area contributed by atoms with Gasteiger partial charge in [-0.05, 0) is 18.6 Å². The molecular weight excluding hydrogens is 362 g/mol. The number of aliphatic imine (C=N–C) groups is 1. The normalized spacial score (nSPS) is 11.0. The van der Waals surface area contributed by atoms with Gasteiger partial charge in [-0.25, -0.2) is 13.6 Å². The number of benzene rings is 2. The highest BCUT2D eigenvalue weighted by Crippen LogP contribution is 2.34. The molecule has 10 nitrogen and oxygen atoms in total. The second-order valence-electron chi connectivity index (χ2n) is 5.38. The second-order valence-corrected chi connectivity index (χ2v) is 6.91. The Labute approximate surface area is 148 Å². The molecule has 0 radical (unpaired) electrons. The van der Waals surface area contributed by atoms with Gasteiger partial charge in [0.2, 0.25) is 10.0 Å². The third kappa shape index (κ3) is 4.02. The van der Waals surface area contributed by atoms with E-state index in [0.29, 0.717) is 5.56 Å². The standard InChI is InChI=1S/C15H15N5O5S/c1-8-2-4-9(5-3-8)10-6-12(20(22)23)11(14(21)19-15(16)17)7-13(10)26(18,24)25/h2-7H,1H3,(H2,18,24,25)(H4,16,17,19,21). The smallest absolute Gasteiger partial charge is 0.287 e. The van der Waals surface area contributed by atoms with E-state index < -0.39 is 43.0 Å². The van der Waals surface area contributed by atoms with Gasteiger partial charge in [0.15, 0.2) is 5.96 Å². The summed E-state index contributed by atoms with van der Waals surface area (Å²) in [6.45, 7) is 1.82. The summed E-state index contributed by atoms with van der Waals surface area (Å²) in [7, 11) is -4.30. The number of sulfonamides is 1. The molecular formula is C15H15N5O5S. The second kappa shape index (κ2) is 6.90. The van der Waals surface area contributed by atoms with E-state index in [4.69, 9.17) is 16.6 Å². The summed E-state index contributed by atoms with van der Waals surface area (Å²) in [5, 5.41) is 16.6. The summed E-state index contributed by atoms with van der Waals surface area (Å²) in [5.41, 5.74) is 10.2. The number of nitrogens with zero attached hydrogens (tertiary/aromatic N) is 2. The first kappa shape index (κ1) is 19.0. The number of nitrogens with two attached hydrogens (primary N) is 3. The van der Waals surface area contributed by atoms with E-state index in [1.165, 1.54) is 0 Å². The molecule has 0 aliphatic carbocycles. The predicted molar refractivity (Wildman–Crippen MR) is 94.8 cm³/mol. The Morgan fingerprint density at radius 1 is 1.15 bits per heavy atom. The molecule has 0 aliphatic rings. The lowest BCUT2D eigenvalue weighted by atomic mass is 10.0. The first-order valence-corrected chi connectivity index (χ1v) is 8.61. The zero-order valence-electron chi connectivity index (χ0n) is 13.5. The molecule has 0 spiro atoms. The minimum Gasteiger partial charge on any atom is -0.370 e. The Hall–Kier alpha value is -3.31. The van der Waals surface area contributed by atoms with Gasteiger partial charge in [-0.15, -0.1) is 0 Å². The Balaban J connectivity index is 2.87. The van der Waals surface area contributed by atoms with Crippen LogP contribution in [-0.4, -0.2) is 25.2 Å². The van der Waals surface area contributed by atoms with E-state index in [2.05, 4.69) is 4.99 Å². The molecule has 0 fully saturated rings. The fourth-order valence-electron chi connectivity index (χ4n) is 2.26. The lowest BCUT2D eigenvalue weighted by molar-refractivity contribution is -0.385. The summed E-state index contributed by atoms with van der Waals surface area (Å²) in [6.07, 6.45) is 0. The summed E-state index contributed by atoms with van der Waals surface area (Å²) in [6, 6.07) is 8.33. The number of rotatable bonds is 4. The molecule has 0 aromatic heterocycles. The molecule has 0 heterocycles. The number of aryl methyl sites for hydroxylation is 1. The van der Waals surface area contributed by atoms with Crippen LogP contribution in [0.15, 0.2) is 46.3 Å². The molecule has 0 aliphatic heterocycles. The number of hydrogen-bond acceptors (Lipinski definition) is 5. The van der Waals surface area contributed by atoms with Gasteiger partial charge < -0.3 is 11.5 Å². The largest absolute Gasteiger partial charge is 0.370 e. The van der Waals surface area contributed by atoms with Crippen LogP contribution in [0.25, 0.3) is 11.1 Å². The van der Waals surface area contributed by atoms with Crippen LogP contribution in [-0.2, 0) is 10.0 Å². The van der Waals surface area contributed by atoms with Crippen LogP contribution >= 0.6 is 0 Å². The Kier molecular flexibility index (Phi) is 5.05. The van der Waals surface area contributed by atoms with Crippen molar-refractivity contribution in [2.45, 2.75) is 11.8 Å². The van der Waals surface area contributed by atoms with E-state index >= 15 is 0 Å². The SMILES string of the molecule is Cc1ccc(-c2cc([N+](=O)[O-])c(C(=O)N=C(N)N)cc2S(N)(=O)=O)cc1. The zero-order chi connectivity index (χ0) is 19.6. The molecule has 2 aromatic carbocycles. The van der Waals surface area contributed by atoms with Crippen molar-refractivity contribution in [3.05, 3.63) is 57.6 Å². The van der Waals surface area contributed by atoms with Gasteiger partial charge >= 0.3 is 0 Å². The number of nitro groups is 1. The topological polar surface area (TPSA) is 185 Å². The van der Waals surface area contributed by atoms with Gasteiger partial charge in [-0.3, -0.25) is 14.9 Å². The van der Waals surface area contributed by atoms with Crippen LogP contribution in [0.5, 0.6) is 0 Å². The Morgan fingerprint density at radius 3 is 2.19 bits per heavy atom. The molecule has 11 heteroatoms. The molecule has 0 atom stereocenters. The highest BCUT2D eigenvalue weighted by Gasteiger charge is 2.27. The number of primary sulfonamides is 1. The van der Waals surface area contributed by atoms with E-state index in [-0.39, 0.29) is 5.56 Å². The first-order valence-electron chi connectivity index (χ1n) is 7.07. The van der Waals surface area contributed by atoms with Crippen molar-refractivity contribution in [1.29, 1.82) is 0 Å². The predicted octanol–water partition coefficient (Wildman–Crippen LogP) is 0.631. The van der Waals surface area contributed by atoms with Crippen molar-refractivity contribution in [2.75, 3.05) is 0 Å². The molecule has 0 bridgehead atoms. The van der Waals surface area contributed by atoms with Gasteiger partial charge in [0, 0.05) is 11.6 Å². The Bertz CT molecular complexity index is 1030. The lowest BCUT2D eigenvalue weighted by Gasteiger charge is -2.11. The van der Waals surface area contributed by atoms with Gasteiger partial charge in [-0.2, -0.15) is 4.99 Å². The summed E-state index contributed by atoms with van der Waals surface area (Å²) < 4.78 is 24.0. The van der Waals surface area contributed by atoms with Crippen LogP contribution in [0.3, 0.4) is 0 Å². The van der Waals surface area contributed by atoms with Crippen LogP contribution in [0.4, 0.5) is 5.69 Å². The summed E-state index contributed by atoms with van der Waals surface area (Å²) >= 11 is 0. The van der Waals surface area contributed by atoms with Crippen molar-refractivity contribution in [3.8, 4) is 11.1 Å². The van der Waals surface area contributed by atoms with Crippen LogP contribution < -0.4 is 16.6 Å². The van der Waals surface area contributed by atoms with Crippen molar-refractivity contribution in [3.63, 3.8) is 0 Å². The van der Waals surface area contributed by atoms with E-state index in [9.17, 15) is 23.3 Å². The summed E-state index contributed by atoms with van der Waals surface area (Å²) in [4.78, 5) is 25.4. The van der Waals surface area contributed by atoms with Gasteiger partial charge in [0.1, 0.15) is 5.56 Å². The van der Waals surface area contributed by atoms with Gasteiger partial charge in [0.05, 0.1) is 9.82 Å². The quantitative estimate of drug-likeness (QED) is 0.302. The molecule has 2 rings (SSSR count). The summed E-state index contributed by atoms with van der Waals surface area (Å²) in [5.74, 6) is -1.78. The molecule has 1 amide bonds. The van der Waals surface area contributed by atoms with Crippen molar-refractivity contribution in [1.82, 2.24) is 0 Å². The Morgan fingerprint density at radius 2 is 1.73 bits per heavy atom. The van der Waals surface area contributed by atoms with Gasteiger partial charge in [0.25, 0.3) is 11.6 Å². The van der Waals surface area contributed by atoms with Crippen molar-refractivity contribution < 1.29 is 18.1 Å². The highest BCUT2D eigenvalue weighted by atomic mass is 32.2. The molecule has 26 heavy (non-hydrogen) atoms. The molecule has 6 N–H and O–H groups in total. The minimum atomic E-state index is -4.30. The highest BCUT2D eigenvalue weighted by molar-refractivity contribution is 7.89.